The van der Waals surface area contributed by atoms with E-state index in [0.717, 1.165) is 18.5 Å². The molecule has 13 heavy (non-hydrogen) atoms. The van der Waals surface area contributed by atoms with Crippen molar-refractivity contribution in [2.45, 2.75) is 18.9 Å². The monoisotopic (exact) mass is 202 g/mol. The van der Waals surface area contributed by atoms with E-state index in [9.17, 15) is 0 Å². The lowest BCUT2D eigenvalue weighted by atomic mass is 10.1. The van der Waals surface area contributed by atoms with Crippen molar-refractivity contribution in [3.63, 3.8) is 0 Å². The first-order chi connectivity index (χ1) is 6.29. The van der Waals surface area contributed by atoms with Gasteiger partial charge in [0.05, 0.1) is 11.7 Å². The van der Waals surface area contributed by atoms with Crippen molar-refractivity contribution in [1.82, 2.24) is 15.2 Å². The lowest BCUT2D eigenvalue weighted by Gasteiger charge is -2.15. The van der Waals surface area contributed by atoms with Gasteiger partial charge in [-0.15, -0.1) is 11.6 Å². The normalized spacial score (nSPS) is 13.2. The lowest BCUT2D eigenvalue weighted by Crippen LogP contribution is -2.29. The van der Waals surface area contributed by atoms with E-state index in [2.05, 4.69) is 10.5 Å². The van der Waals surface area contributed by atoms with Crippen molar-refractivity contribution >= 4 is 11.6 Å². The van der Waals surface area contributed by atoms with E-state index < -0.39 is 0 Å². The molecule has 1 rings (SSSR count). The fourth-order valence-corrected chi connectivity index (χ4v) is 1.48. The maximum Gasteiger partial charge on any atom is 0.0629 e. The van der Waals surface area contributed by atoms with Crippen LogP contribution in [0.1, 0.15) is 24.6 Å². The molecule has 74 valence electrons. The van der Waals surface area contributed by atoms with Gasteiger partial charge < -0.3 is 0 Å². The fraction of sp³-hybridized carbons (Fsp3) is 0.625. The average Bonchev–Trinajstić information content (AvgIpc) is 2.54. The summed E-state index contributed by atoms with van der Waals surface area (Å²) in [5, 5.41) is 4.08. The van der Waals surface area contributed by atoms with Gasteiger partial charge in [-0.05, 0) is 18.9 Å². The van der Waals surface area contributed by atoms with Crippen LogP contribution in [0.5, 0.6) is 0 Å². The molecule has 0 bridgehead atoms. The van der Waals surface area contributed by atoms with Crippen LogP contribution in [-0.4, -0.2) is 15.7 Å². The number of halogens is 1. The van der Waals surface area contributed by atoms with Gasteiger partial charge in [0, 0.05) is 19.1 Å². The first-order valence-electron chi connectivity index (χ1n) is 4.29. The zero-order valence-electron chi connectivity index (χ0n) is 7.70. The van der Waals surface area contributed by atoms with E-state index in [0.29, 0.717) is 5.88 Å². The minimum atomic E-state index is 0.145. The highest BCUT2D eigenvalue weighted by Gasteiger charge is 2.11. The van der Waals surface area contributed by atoms with Gasteiger partial charge in [0.25, 0.3) is 0 Å². The molecule has 3 N–H and O–H groups in total. The number of rotatable bonds is 5. The maximum atomic E-state index is 5.61. The Morgan fingerprint density at radius 1 is 1.77 bits per heavy atom. The Labute approximate surface area is 83.0 Å². The Hall–Kier alpha value is -0.580. The summed E-state index contributed by atoms with van der Waals surface area (Å²) in [6.45, 7) is 0. The van der Waals surface area contributed by atoms with Crippen LogP contribution >= 0.6 is 11.6 Å². The van der Waals surface area contributed by atoms with Gasteiger partial charge in [-0.3, -0.25) is 16.0 Å². The third kappa shape index (κ3) is 2.69. The van der Waals surface area contributed by atoms with Crippen LogP contribution in [0.4, 0.5) is 0 Å². The van der Waals surface area contributed by atoms with Gasteiger partial charge in [0.1, 0.15) is 0 Å². The second-order valence-corrected chi connectivity index (χ2v) is 3.31. The van der Waals surface area contributed by atoms with Crippen LogP contribution < -0.4 is 11.3 Å². The third-order valence-electron chi connectivity index (χ3n) is 2.04. The van der Waals surface area contributed by atoms with Crippen LogP contribution in [0, 0.1) is 0 Å². The number of aromatic nitrogens is 2. The second-order valence-electron chi connectivity index (χ2n) is 2.93. The maximum absolute atomic E-state index is 5.61. The average molecular weight is 203 g/mol. The zero-order chi connectivity index (χ0) is 9.68. The highest BCUT2D eigenvalue weighted by Crippen LogP contribution is 2.16. The molecule has 0 amide bonds. The van der Waals surface area contributed by atoms with Gasteiger partial charge in [-0.2, -0.15) is 5.10 Å². The number of hydrogen-bond donors (Lipinski definition) is 2. The molecular weight excluding hydrogens is 188 g/mol. The van der Waals surface area contributed by atoms with Gasteiger partial charge >= 0.3 is 0 Å². The smallest absolute Gasteiger partial charge is 0.0629 e. The highest BCUT2D eigenvalue weighted by molar-refractivity contribution is 6.17. The molecule has 1 atom stereocenters. The molecule has 1 aromatic rings. The first kappa shape index (κ1) is 10.5. The summed E-state index contributed by atoms with van der Waals surface area (Å²) < 4.78 is 1.82. The summed E-state index contributed by atoms with van der Waals surface area (Å²) >= 11 is 5.61. The molecule has 0 radical (unpaired) electrons. The van der Waals surface area contributed by atoms with E-state index in [-0.39, 0.29) is 6.04 Å². The standard InChI is InChI=1S/C8H15ClN4/c1-13-8(4-6-11-13)7(12-10)3-2-5-9/h4,6-7,12H,2-3,5,10H2,1H3. The van der Waals surface area contributed by atoms with Gasteiger partial charge in [0.2, 0.25) is 0 Å². The highest BCUT2D eigenvalue weighted by atomic mass is 35.5. The van der Waals surface area contributed by atoms with Crippen LogP contribution in [0.15, 0.2) is 12.3 Å². The van der Waals surface area contributed by atoms with Gasteiger partial charge in [0.15, 0.2) is 0 Å². The summed E-state index contributed by atoms with van der Waals surface area (Å²) in [5.74, 6) is 6.10. The number of nitrogens with one attached hydrogen (secondary N) is 1. The lowest BCUT2D eigenvalue weighted by molar-refractivity contribution is 0.476. The number of nitrogens with zero attached hydrogens (tertiary/aromatic N) is 2. The molecule has 0 aliphatic rings. The summed E-state index contributed by atoms with van der Waals surface area (Å²) in [6.07, 6.45) is 3.64. The Kier molecular flexibility index (Phi) is 4.21. The Morgan fingerprint density at radius 2 is 2.54 bits per heavy atom. The van der Waals surface area contributed by atoms with Crippen molar-refractivity contribution < 1.29 is 0 Å². The molecule has 1 aromatic heterocycles. The molecule has 0 spiro atoms. The molecule has 0 fully saturated rings. The summed E-state index contributed by atoms with van der Waals surface area (Å²) in [4.78, 5) is 0. The van der Waals surface area contributed by atoms with E-state index in [1.807, 2.05) is 17.8 Å². The van der Waals surface area contributed by atoms with Crippen molar-refractivity contribution in [3.8, 4) is 0 Å². The van der Waals surface area contributed by atoms with Crippen molar-refractivity contribution in [3.05, 3.63) is 18.0 Å². The van der Waals surface area contributed by atoms with E-state index >= 15 is 0 Å². The minimum absolute atomic E-state index is 0.145. The molecule has 5 heteroatoms. The zero-order valence-corrected chi connectivity index (χ0v) is 8.46. The summed E-state index contributed by atoms with van der Waals surface area (Å²) in [5.41, 5.74) is 3.85. The molecule has 0 saturated heterocycles. The Balaban J connectivity index is 2.61. The van der Waals surface area contributed by atoms with Gasteiger partial charge in [-0.1, -0.05) is 0 Å². The van der Waals surface area contributed by atoms with Crippen LogP contribution in [-0.2, 0) is 7.05 Å². The van der Waals surface area contributed by atoms with E-state index in [1.165, 1.54) is 0 Å². The second kappa shape index (κ2) is 5.21. The summed E-state index contributed by atoms with van der Waals surface area (Å²) in [7, 11) is 1.90. The molecular formula is C8H15ClN4. The largest absolute Gasteiger partial charge is 0.271 e. The molecule has 0 aliphatic heterocycles. The number of hydrazine groups is 1. The Bertz CT molecular complexity index is 248. The minimum Gasteiger partial charge on any atom is -0.271 e. The van der Waals surface area contributed by atoms with Crippen LogP contribution in [0.25, 0.3) is 0 Å². The van der Waals surface area contributed by atoms with Crippen molar-refractivity contribution in [2.24, 2.45) is 12.9 Å². The number of nitrogens with two attached hydrogens (primary N) is 1. The third-order valence-corrected chi connectivity index (χ3v) is 2.31. The van der Waals surface area contributed by atoms with E-state index in [1.54, 1.807) is 6.20 Å². The predicted octanol–water partition coefficient (Wildman–Crippen LogP) is 0.944. The van der Waals surface area contributed by atoms with Gasteiger partial charge in [-0.25, -0.2) is 0 Å². The topological polar surface area (TPSA) is 55.9 Å². The number of hydrogen-bond acceptors (Lipinski definition) is 3. The molecule has 0 aromatic carbocycles. The SMILES string of the molecule is Cn1nccc1C(CCCCl)NN. The number of aryl methyl sites for hydroxylation is 1. The summed E-state index contributed by atoms with van der Waals surface area (Å²) in [6, 6.07) is 2.10. The number of alkyl halides is 1. The van der Waals surface area contributed by atoms with Crippen LogP contribution in [0.2, 0.25) is 0 Å². The predicted molar refractivity (Wildman–Crippen MR) is 53.2 cm³/mol. The van der Waals surface area contributed by atoms with Crippen molar-refractivity contribution in [2.75, 3.05) is 5.88 Å². The molecule has 1 unspecified atom stereocenters. The Morgan fingerprint density at radius 3 is 3.00 bits per heavy atom. The van der Waals surface area contributed by atoms with Crippen LogP contribution in [0.3, 0.4) is 0 Å². The molecule has 1 heterocycles. The molecule has 0 aliphatic carbocycles. The molecule has 0 saturated carbocycles. The fourth-order valence-electron chi connectivity index (χ4n) is 1.32. The van der Waals surface area contributed by atoms with Crippen molar-refractivity contribution in [1.29, 1.82) is 0 Å². The molecule has 4 nitrogen and oxygen atoms in total. The quantitative estimate of drug-likeness (QED) is 0.425. The van der Waals surface area contributed by atoms with E-state index in [4.69, 9.17) is 17.4 Å². The first-order valence-corrected chi connectivity index (χ1v) is 4.83.